The maximum Gasteiger partial charge on any atom is 0.193 e. The second-order valence-corrected chi connectivity index (χ2v) is 5.34. The minimum Gasteiger partial charge on any atom is -0.370 e. The van der Waals surface area contributed by atoms with Crippen molar-refractivity contribution in [3.8, 4) is 0 Å². The molecule has 1 aliphatic rings. The first-order chi connectivity index (χ1) is 9.78. The first-order valence-electron chi connectivity index (χ1n) is 6.96. The average molecular weight is 265 g/mol. The predicted octanol–water partition coefficient (Wildman–Crippen LogP) is 3.15. The Morgan fingerprint density at radius 3 is 2.20 bits per heavy atom. The van der Waals surface area contributed by atoms with E-state index in [0.717, 1.165) is 12.2 Å². The summed E-state index contributed by atoms with van der Waals surface area (Å²) in [6.07, 6.45) is 2.39. The van der Waals surface area contributed by atoms with Crippen LogP contribution in [0, 0.1) is 0 Å². The SMILES string of the molecule is NC(=NCC1(c2ccccc2)CC1)Nc1ccccc1. The lowest BCUT2D eigenvalue weighted by atomic mass is 9.96. The van der Waals surface area contributed by atoms with E-state index in [1.165, 1.54) is 18.4 Å². The van der Waals surface area contributed by atoms with Crippen LogP contribution in [0.3, 0.4) is 0 Å². The normalized spacial score (nSPS) is 16.7. The average Bonchev–Trinajstić information content (AvgIpc) is 3.28. The van der Waals surface area contributed by atoms with Crippen LogP contribution in [0.5, 0.6) is 0 Å². The van der Waals surface area contributed by atoms with Crippen molar-refractivity contribution in [2.24, 2.45) is 10.7 Å². The van der Waals surface area contributed by atoms with E-state index in [-0.39, 0.29) is 5.41 Å². The van der Waals surface area contributed by atoms with Gasteiger partial charge in [0.1, 0.15) is 0 Å². The largest absolute Gasteiger partial charge is 0.370 e. The second kappa shape index (κ2) is 5.37. The van der Waals surface area contributed by atoms with Crippen molar-refractivity contribution < 1.29 is 0 Å². The molecule has 0 spiro atoms. The molecule has 102 valence electrons. The van der Waals surface area contributed by atoms with Gasteiger partial charge in [0, 0.05) is 11.1 Å². The molecule has 0 bridgehead atoms. The van der Waals surface area contributed by atoms with Crippen LogP contribution >= 0.6 is 0 Å². The van der Waals surface area contributed by atoms with E-state index < -0.39 is 0 Å². The van der Waals surface area contributed by atoms with Gasteiger partial charge in [0.2, 0.25) is 0 Å². The topological polar surface area (TPSA) is 50.4 Å². The molecular formula is C17H19N3. The lowest BCUT2D eigenvalue weighted by Crippen LogP contribution is -2.24. The van der Waals surface area contributed by atoms with Crippen LogP contribution in [0.1, 0.15) is 18.4 Å². The molecule has 1 saturated carbocycles. The summed E-state index contributed by atoms with van der Waals surface area (Å²) in [6.45, 7) is 0.753. The van der Waals surface area contributed by atoms with Crippen molar-refractivity contribution in [3.05, 3.63) is 66.2 Å². The quantitative estimate of drug-likeness (QED) is 0.659. The highest BCUT2D eigenvalue weighted by molar-refractivity contribution is 5.92. The molecule has 1 fully saturated rings. The summed E-state index contributed by atoms with van der Waals surface area (Å²) in [5, 5.41) is 3.12. The summed E-state index contributed by atoms with van der Waals surface area (Å²) in [6, 6.07) is 20.5. The molecule has 0 aliphatic heterocycles. The van der Waals surface area contributed by atoms with Gasteiger partial charge in [-0.15, -0.1) is 0 Å². The second-order valence-electron chi connectivity index (χ2n) is 5.34. The molecule has 3 N–H and O–H groups in total. The fourth-order valence-corrected chi connectivity index (χ4v) is 2.43. The number of para-hydroxylation sites is 1. The summed E-state index contributed by atoms with van der Waals surface area (Å²) in [4.78, 5) is 4.51. The number of rotatable bonds is 4. The first kappa shape index (κ1) is 12.7. The third-order valence-corrected chi connectivity index (χ3v) is 3.84. The Morgan fingerprint density at radius 2 is 1.60 bits per heavy atom. The van der Waals surface area contributed by atoms with Crippen molar-refractivity contribution in [3.63, 3.8) is 0 Å². The molecule has 0 unspecified atom stereocenters. The fraction of sp³-hybridized carbons (Fsp3) is 0.235. The summed E-state index contributed by atoms with van der Waals surface area (Å²) in [5.74, 6) is 0.485. The highest BCUT2D eigenvalue weighted by atomic mass is 15.1. The molecule has 0 saturated heterocycles. The van der Waals surface area contributed by atoms with Crippen LogP contribution in [0.2, 0.25) is 0 Å². The number of nitrogens with zero attached hydrogens (tertiary/aromatic N) is 1. The van der Waals surface area contributed by atoms with E-state index in [0.29, 0.717) is 5.96 Å². The number of aliphatic imine (C=N–C) groups is 1. The van der Waals surface area contributed by atoms with Gasteiger partial charge in [0.05, 0.1) is 6.54 Å². The molecule has 0 amide bonds. The molecule has 1 aliphatic carbocycles. The minimum absolute atomic E-state index is 0.213. The lowest BCUT2D eigenvalue weighted by molar-refractivity contribution is 0.705. The Morgan fingerprint density at radius 1 is 1.00 bits per heavy atom. The Balaban J connectivity index is 1.65. The van der Waals surface area contributed by atoms with Crippen LogP contribution in [-0.4, -0.2) is 12.5 Å². The van der Waals surface area contributed by atoms with Gasteiger partial charge in [-0.25, -0.2) is 0 Å². The van der Waals surface area contributed by atoms with Crippen LogP contribution in [0.15, 0.2) is 65.7 Å². The zero-order valence-corrected chi connectivity index (χ0v) is 11.4. The molecule has 2 aromatic rings. The molecule has 3 rings (SSSR count). The highest BCUT2D eigenvalue weighted by Crippen LogP contribution is 2.48. The molecule has 20 heavy (non-hydrogen) atoms. The highest BCUT2D eigenvalue weighted by Gasteiger charge is 2.43. The zero-order valence-electron chi connectivity index (χ0n) is 11.4. The number of anilines is 1. The smallest absolute Gasteiger partial charge is 0.193 e. The fourth-order valence-electron chi connectivity index (χ4n) is 2.43. The van der Waals surface area contributed by atoms with Crippen molar-refractivity contribution in [2.45, 2.75) is 18.3 Å². The summed E-state index contributed by atoms with van der Waals surface area (Å²) < 4.78 is 0. The van der Waals surface area contributed by atoms with Crippen LogP contribution in [0.25, 0.3) is 0 Å². The summed E-state index contributed by atoms with van der Waals surface area (Å²) in [7, 11) is 0. The Hall–Kier alpha value is -2.29. The predicted molar refractivity (Wildman–Crippen MR) is 83.9 cm³/mol. The third kappa shape index (κ3) is 2.82. The van der Waals surface area contributed by atoms with E-state index in [1.807, 2.05) is 36.4 Å². The molecule has 0 aromatic heterocycles. The van der Waals surface area contributed by atoms with Crippen LogP contribution in [-0.2, 0) is 5.41 Å². The lowest BCUT2D eigenvalue weighted by Gasteiger charge is -2.13. The maximum absolute atomic E-state index is 5.96. The third-order valence-electron chi connectivity index (χ3n) is 3.84. The van der Waals surface area contributed by atoms with Gasteiger partial charge >= 0.3 is 0 Å². The summed E-state index contributed by atoms with van der Waals surface area (Å²) >= 11 is 0. The van der Waals surface area contributed by atoms with Crippen molar-refractivity contribution in [1.29, 1.82) is 0 Å². The number of hydrogen-bond acceptors (Lipinski definition) is 1. The molecule has 0 atom stereocenters. The van der Waals surface area contributed by atoms with Crippen LogP contribution in [0.4, 0.5) is 5.69 Å². The van der Waals surface area contributed by atoms with E-state index in [1.54, 1.807) is 0 Å². The van der Waals surface area contributed by atoms with Gasteiger partial charge in [0.25, 0.3) is 0 Å². The molecule has 3 nitrogen and oxygen atoms in total. The van der Waals surface area contributed by atoms with E-state index in [4.69, 9.17) is 5.73 Å². The number of guanidine groups is 1. The molecule has 2 aromatic carbocycles. The monoisotopic (exact) mass is 265 g/mol. The number of benzene rings is 2. The standard InChI is InChI=1S/C17H19N3/c18-16(20-15-9-5-2-6-10-15)19-13-17(11-12-17)14-7-3-1-4-8-14/h1-10H,11-13H2,(H3,18,19,20). The van der Waals surface area contributed by atoms with Crippen molar-refractivity contribution >= 4 is 11.6 Å². The van der Waals surface area contributed by atoms with Crippen molar-refractivity contribution in [1.82, 2.24) is 0 Å². The zero-order chi connectivity index (χ0) is 13.8. The van der Waals surface area contributed by atoms with Gasteiger partial charge < -0.3 is 11.1 Å². The minimum atomic E-state index is 0.213. The van der Waals surface area contributed by atoms with E-state index in [2.05, 4.69) is 34.6 Å². The Kier molecular flexibility index (Phi) is 3.42. The number of hydrogen-bond donors (Lipinski definition) is 2. The van der Waals surface area contributed by atoms with Gasteiger partial charge in [0.15, 0.2) is 5.96 Å². The van der Waals surface area contributed by atoms with Gasteiger partial charge in [-0.3, -0.25) is 4.99 Å². The number of nitrogens with one attached hydrogen (secondary N) is 1. The van der Waals surface area contributed by atoms with E-state index >= 15 is 0 Å². The molecular weight excluding hydrogens is 246 g/mol. The summed E-state index contributed by atoms with van der Waals surface area (Å²) in [5.41, 5.74) is 8.51. The Labute approximate surface area is 119 Å². The van der Waals surface area contributed by atoms with Crippen molar-refractivity contribution in [2.75, 3.05) is 11.9 Å². The van der Waals surface area contributed by atoms with Gasteiger partial charge in [-0.2, -0.15) is 0 Å². The van der Waals surface area contributed by atoms with Gasteiger partial charge in [-0.05, 0) is 30.5 Å². The Bertz CT molecular complexity index is 586. The maximum atomic E-state index is 5.96. The molecule has 0 heterocycles. The first-order valence-corrected chi connectivity index (χ1v) is 6.96. The number of nitrogens with two attached hydrogens (primary N) is 1. The van der Waals surface area contributed by atoms with Gasteiger partial charge in [-0.1, -0.05) is 48.5 Å². The molecule has 0 radical (unpaired) electrons. The van der Waals surface area contributed by atoms with Crippen LogP contribution < -0.4 is 11.1 Å². The molecule has 3 heteroatoms. The van der Waals surface area contributed by atoms with E-state index in [9.17, 15) is 0 Å².